The van der Waals surface area contributed by atoms with Gasteiger partial charge in [-0.3, -0.25) is 4.57 Å². The molecule has 0 aliphatic rings. The van der Waals surface area contributed by atoms with Gasteiger partial charge in [-0.2, -0.15) is 13.2 Å². The quantitative estimate of drug-likeness (QED) is 0.601. The Hall–Kier alpha value is -3.56. The van der Waals surface area contributed by atoms with E-state index in [0.29, 0.717) is 13.0 Å². The lowest BCUT2D eigenvalue weighted by atomic mass is 10.1. The second-order valence-electron chi connectivity index (χ2n) is 6.89. The second-order valence-corrected chi connectivity index (χ2v) is 6.89. The number of halogens is 3. The first-order chi connectivity index (χ1) is 14.8. The molecule has 0 spiro atoms. The minimum atomic E-state index is -4.49. The number of nitrogens with one attached hydrogen (secondary N) is 2. The van der Waals surface area contributed by atoms with Crippen molar-refractivity contribution in [3.05, 3.63) is 76.2 Å². The van der Waals surface area contributed by atoms with Crippen molar-refractivity contribution in [2.24, 2.45) is 7.05 Å². The number of alkyl halides is 3. The summed E-state index contributed by atoms with van der Waals surface area (Å²) in [6.45, 7) is 0.674. The number of benzene rings is 2. The molecule has 0 unspecified atom stereocenters. The molecule has 10 heteroatoms. The molecular formula is C21H22F3N5O2. The highest BCUT2D eigenvalue weighted by molar-refractivity contribution is 5.73. The van der Waals surface area contributed by atoms with Gasteiger partial charge in [-0.15, -0.1) is 5.10 Å². The molecular weight excluding hydrogens is 411 g/mol. The van der Waals surface area contributed by atoms with E-state index in [-0.39, 0.29) is 30.5 Å². The van der Waals surface area contributed by atoms with Crippen molar-refractivity contribution in [2.75, 3.05) is 13.1 Å². The summed E-state index contributed by atoms with van der Waals surface area (Å²) in [5, 5.41) is 9.49. The van der Waals surface area contributed by atoms with Gasteiger partial charge in [-0.05, 0) is 24.1 Å². The van der Waals surface area contributed by atoms with Crippen LogP contribution in [0.1, 0.15) is 11.1 Å². The van der Waals surface area contributed by atoms with Crippen LogP contribution in [0.5, 0.6) is 0 Å². The Bertz CT molecular complexity index is 1090. The van der Waals surface area contributed by atoms with Gasteiger partial charge in [-0.25, -0.2) is 14.3 Å². The first-order valence-electron chi connectivity index (χ1n) is 9.63. The molecule has 0 bridgehead atoms. The van der Waals surface area contributed by atoms with Crippen LogP contribution in [0.2, 0.25) is 0 Å². The fourth-order valence-corrected chi connectivity index (χ4v) is 3.02. The standard InChI is InChI=1S/C21H22F3N5O2/c1-28-18(16-8-5-9-17(14-16)21(22,23)24)27-29(20(28)31)13-12-26-19(30)25-11-10-15-6-3-2-4-7-15/h2-9,14H,10-13H2,1H3,(H2,25,26,30). The molecule has 2 aromatic carbocycles. The molecule has 2 N–H and O–H groups in total. The highest BCUT2D eigenvalue weighted by Gasteiger charge is 2.30. The predicted molar refractivity (Wildman–Crippen MR) is 109 cm³/mol. The lowest BCUT2D eigenvalue weighted by molar-refractivity contribution is -0.137. The van der Waals surface area contributed by atoms with Crippen LogP contribution in [-0.4, -0.2) is 33.5 Å². The van der Waals surface area contributed by atoms with Crippen molar-refractivity contribution >= 4 is 6.03 Å². The largest absolute Gasteiger partial charge is 0.416 e. The molecule has 0 atom stereocenters. The summed E-state index contributed by atoms with van der Waals surface area (Å²) >= 11 is 0. The smallest absolute Gasteiger partial charge is 0.338 e. The van der Waals surface area contributed by atoms with Crippen LogP contribution in [0.4, 0.5) is 18.0 Å². The predicted octanol–water partition coefficient (Wildman–Crippen LogP) is 2.81. The van der Waals surface area contributed by atoms with Crippen LogP contribution in [0, 0.1) is 0 Å². The van der Waals surface area contributed by atoms with Crippen molar-refractivity contribution < 1.29 is 18.0 Å². The van der Waals surface area contributed by atoms with E-state index in [2.05, 4.69) is 15.7 Å². The van der Waals surface area contributed by atoms with E-state index >= 15 is 0 Å². The van der Waals surface area contributed by atoms with Crippen LogP contribution >= 0.6 is 0 Å². The molecule has 0 radical (unpaired) electrons. The molecule has 0 saturated heterocycles. The molecule has 1 aromatic heterocycles. The summed E-state index contributed by atoms with van der Waals surface area (Å²) in [6.07, 6.45) is -3.80. The van der Waals surface area contributed by atoms with Gasteiger partial charge in [0.05, 0.1) is 12.1 Å². The summed E-state index contributed by atoms with van der Waals surface area (Å²) in [6, 6.07) is 14.0. The average Bonchev–Trinajstić information content (AvgIpc) is 3.03. The maximum absolute atomic E-state index is 13.0. The number of carbonyl (C=O) groups is 1. The number of rotatable bonds is 7. The van der Waals surface area contributed by atoms with Crippen molar-refractivity contribution in [3.63, 3.8) is 0 Å². The van der Waals surface area contributed by atoms with E-state index in [9.17, 15) is 22.8 Å². The topological polar surface area (TPSA) is 81.0 Å². The third-order valence-electron chi connectivity index (χ3n) is 4.64. The summed E-state index contributed by atoms with van der Waals surface area (Å²) in [5.74, 6) is 0.114. The second kappa shape index (κ2) is 9.50. The van der Waals surface area contributed by atoms with Gasteiger partial charge in [0.2, 0.25) is 0 Å². The zero-order valence-corrected chi connectivity index (χ0v) is 16.8. The highest BCUT2D eigenvalue weighted by atomic mass is 19.4. The van der Waals surface area contributed by atoms with Crippen LogP contribution in [0.25, 0.3) is 11.4 Å². The minimum absolute atomic E-state index is 0.0811. The highest BCUT2D eigenvalue weighted by Crippen LogP contribution is 2.31. The number of urea groups is 1. The van der Waals surface area contributed by atoms with E-state index in [1.165, 1.54) is 23.7 Å². The van der Waals surface area contributed by atoms with Crippen LogP contribution in [-0.2, 0) is 26.2 Å². The molecule has 0 aliphatic heterocycles. The van der Waals surface area contributed by atoms with Gasteiger partial charge >= 0.3 is 17.9 Å². The number of amides is 2. The van der Waals surface area contributed by atoms with Gasteiger partial charge in [0, 0.05) is 25.7 Å². The molecule has 3 aromatic rings. The Kier molecular flexibility index (Phi) is 6.78. The van der Waals surface area contributed by atoms with Crippen LogP contribution in [0.15, 0.2) is 59.4 Å². The molecule has 0 saturated carbocycles. The van der Waals surface area contributed by atoms with Gasteiger partial charge < -0.3 is 10.6 Å². The van der Waals surface area contributed by atoms with Crippen LogP contribution in [0.3, 0.4) is 0 Å². The monoisotopic (exact) mass is 433 g/mol. The Morgan fingerprint density at radius 3 is 2.45 bits per heavy atom. The van der Waals surface area contributed by atoms with Crippen molar-refractivity contribution in [3.8, 4) is 11.4 Å². The number of hydrogen-bond donors (Lipinski definition) is 2. The van der Waals surface area contributed by atoms with Gasteiger partial charge in [0.1, 0.15) is 0 Å². The molecule has 0 aliphatic carbocycles. The Morgan fingerprint density at radius 2 is 1.74 bits per heavy atom. The Morgan fingerprint density at radius 1 is 1.03 bits per heavy atom. The first-order valence-corrected chi connectivity index (χ1v) is 9.63. The molecule has 2 amide bonds. The van der Waals surface area contributed by atoms with Gasteiger partial charge in [-0.1, -0.05) is 42.5 Å². The van der Waals surface area contributed by atoms with E-state index in [0.717, 1.165) is 22.4 Å². The zero-order chi connectivity index (χ0) is 22.4. The summed E-state index contributed by atoms with van der Waals surface area (Å²) in [7, 11) is 1.44. The maximum Gasteiger partial charge on any atom is 0.416 e. The Labute approximate surface area is 176 Å². The molecule has 31 heavy (non-hydrogen) atoms. The van der Waals surface area contributed by atoms with E-state index in [1.54, 1.807) is 0 Å². The summed E-state index contributed by atoms with van der Waals surface area (Å²) in [5.41, 5.74) is -0.0238. The lowest BCUT2D eigenvalue weighted by Gasteiger charge is -2.08. The normalized spacial score (nSPS) is 11.4. The zero-order valence-electron chi connectivity index (χ0n) is 16.8. The molecule has 0 fully saturated rings. The van der Waals surface area contributed by atoms with E-state index in [4.69, 9.17) is 0 Å². The molecule has 164 valence electrons. The first kappa shape index (κ1) is 22.1. The van der Waals surface area contributed by atoms with Crippen LogP contribution < -0.4 is 16.3 Å². The Balaban J connectivity index is 1.56. The number of carbonyl (C=O) groups excluding carboxylic acids is 1. The molecule has 3 rings (SSSR count). The molecule has 7 nitrogen and oxygen atoms in total. The van der Waals surface area contributed by atoms with Gasteiger partial charge in [0.15, 0.2) is 5.82 Å². The fraction of sp³-hybridized carbons (Fsp3) is 0.286. The fourth-order valence-electron chi connectivity index (χ4n) is 3.02. The van der Waals surface area contributed by atoms with Crippen molar-refractivity contribution in [1.29, 1.82) is 0 Å². The maximum atomic E-state index is 13.0. The third kappa shape index (κ3) is 5.74. The summed E-state index contributed by atoms with van der Waals surface area (Å²) < 4.78 is 41.2. The lowest BCUT2D eigenvalue weighted by Crippen LogP contribution is -2.39. The minimum Gasteiger partial charge on any atom is -0.338 e. The summed E-state index contributed by atoms with van der Waals surface area (Å²) in [4.78, 5) is 24.3. The van der Waals surface area contributed by atoms with Gasteiger partial charge in [0.25, 0.3) is 0 Å². The number of aromatic nitrogens is 3. The molecule has 1 heterocycles. The van der Waals surface area contributed by atoms with E-state index in [1.807, 2.05) is 30.3 Å². The average molecular weight is 433 g/mol. The van der Waals surface area contributed by atoms with E-state index < -0.39 is 17.4 Å². The number of hydrogen-bond acceptors (Lipinski definition) is 3. The third-order valence-corrected chi connectivity index (χ3v) is 4.64. The van der Waals surface area contributed by atoms with Crippen molar-refractivity contribution in [1.82, 2.24) is 25.0 Å². The SMILES string of the molecule is Cn1c(-c2cccc(C(F)(F)F)c2)nn(CCNC(=O)NCCc2ccccc2)c1=O. The van der Waals surface area contributed by atoms with Crippen molar-refractivity contribution in [2.45, 2.75) is 19.1 Å². The number of nitrogens with zero attached hydrogens (tertiary/aromatic N) is 3.